The highest BCUT2D eigenvalue weighted by molar-refractivity contribution is 7.11. The van der Waals surface area contributed by atoms with E-state index in [0.717, 1.165) is 6.08 Å². The summed E-state index contributed by atoms with van der Waals surface area (Å²) >= 11 is 1.27. The Balaban J connectivity index is 2.15. The van der Waals surface area contributed by atoms with Gasteiger partial charge >= 0.3 is 13.1 Å². The summed E-state index contributed by atoms with van der Waals surface area (Å²) in [5.74, 6) is -2.37. The minimum atomic E-state index is -1.20. The van der Waals surface area contributed by atoms with Crippen LogP contribution in [0.25, 0.3) is 5.57 Å². The van der Waals surface area contributed by atoms with Crippen LogP contribution in [0.1, 0.15) is 11.3 Å². The number of amides is 1. The second kappa shape index (κ2) is 7.21. The van der Waals surface area contributed by atoms with Crippen LogP contribution in [-0.4, -0.2) is 41.7 Å². The maximum Gasteiger partial charge on any atom is 0.478 e. The molecule has 0 aromatic carbocycles. The van der Waals surface area contributed by atoms with Gasteiger partial charge in [0.15, 0.2) is 0 Å². The van der Waals surface area contributed by atoms with Crippen LogP contribution in [0.15, 0.2) is 35.7 Å². The average Bonchev–Trinajstić information content (AvgIpc) is 2.89. The zero-order valence-electron chi connectivity index (χ0n) is 11.1. The summed E-state index contributed by atoms with van der Waals surface area (Å²) in [6, 6.07) is 3.40. The molecule has 1 aromatic rings. The van der Waals surface area contributed by atoms with Crippen molar-refractivity contribution in [2.75, 3.05) is 6.61 Å². The largest absolute Gasteiger partial charge is 0.478 e. The zero-order chi connectivity index (χ0) is 15.2. The molecule has 21 heavy (non-hydrogen) atoms. The van der Waals surface area contributed by atoms with Crippen molar-refractivity contribution >= 4 is 35.9 Å². The third-order valence-electron chi connectivity index (χ3n) is 2.88. The van der Waals surface area contributed by atoms with E-state index in [4.69, 9.17) is 9.76 Å². The van der Waals surface area contributed by atoms with E-state index in [2.05, 4.69) is 5.32 Å². The van der Waals surface area contributed by atoms with Crippen molar-refractivity contribution in [3.63, 3.8) is 0 Å². The van der Waals surface area contributed by atoms with Gasteiger partial charge in [0.25, 0.3) is 5.91 Å². The van der Waals surface area contributed by atoms with Crippen molar-refractivity contribution in [3.05, 3.63) is 40.6 Å². The lowest BCUT2D eigenvalue weighted by Gasteiger charge is -2.18. The number of aliphatic carboxylic acids is 1. The Morgan fingerprint density at radius 2 is 2.29 bits per heavy atom. The van der Waals surface area contributed by atoms with Crippen LogP contribution in [0.4, 0.5) is 0 Å². The van der Waals surface area contributed by atoms with E-state index < -0.39 is 24.9 Å². The number of thiophene rings is 1. The molecule has 0 aliphatic carbocycles. The topological polar surface area (TPSA) is 95.9 Å². The Bertz CT molecular complexity index is 569. The normalized spacial score (nSPS) is 19.2. The Morgan fingerprint density at radius 1 is 1.48 bits per heavy atom. The molecule has 110 valence electrons. The number of carbonyl (C=O) groups is 2. The van der Waals surface area contributed by atoms with Gasteiger partial charge in [-0.1, -0.05) is 18.2 Å². The molecular weight excluding hydrogens is 293 g/mol. The molecule has 1 aliphatic rings. The van der Waals surface area contributed by atoms with Crippen LogP contribution < -0.4 is 5.32 Å². The van der Waals surface area contributed by atoms with Gasteiger partial charge < -0.3 is 20.1 Å². The number of carboxylic acids is 1. The minimum absolute atomic E-state index is 0.0536. The van der Waals surface area contributed by atoms with Crippen molar-refractivity contribution in [2.45, 2.75) is 12.4 Å². The first-order valence-corrected chi connectivity index (χ1v) is 7.20. The fraction of sp³-hybridized carbons (Fsp3) is 0.231. The summed E-state index contributed by atoms with van der Waals surface area (Å²) in [5, 5.41) is 23.0. The maximum atomic E-state index is 12.3. The van der Waals surface area contributed by atoms with E-state index in [9.17, 15) is 14.6 Å². The Labute approximate surface area is 125 Å². The van der Waals surface area contributed by atoms with E-state index in [1.165, 1.54) is 11.3 Å². The van der Waals surface area contributed by atoms with Crippen molar-refractivity contribution in [1.82, 2.24) is 5.32 Å². The van der Waals surface area contributed by atoms with Crippen LogP contribution in [0.5, 0.6) is 0 Å². The maximum absolute atomic E-state index is 12.3. The second-order valence-corrected chi connectivity index (χ2v) is 5.33. The number of hydrogen-bond acceptors (Lipinski definition) is 5. The van der Waals surface area contributed by atoms with E-state index >= 15 is 0 Å². The van der Waals surface area contributed by atoms with Crippen LogP contribution in [0.3, 0.4) is 0 Å². The number of hydrogen-bond donors (Lipinski definition) is 3. The van der Waals surface area contributed by atoms with E-state index in [0.29, 0.717) is 11.3 Å². The molecule has 0 fully saturated rings. The van der Waals surface area contributed by atoms with Crippen LogP contribution in [0.2, 0.25) is 0 Å². The highest BCUT2D eigenvalue weighted by Crippen LogP contribution is 2.21. The first-order chi connectivity index (χ1) is 10.1. The molecule has 6 nitrogen and oxygen atoms in total. The fourth-order valence-electron chi connectivity index (χ4n) is 1.88. The molecule has 0 bridgehead atoms. The zero-order valence-corrected chi connectivity index (χ0v) is 11.9. The van der Waals surface area contributed by atoms with Crippen LogP contribution in [-0.2, 0) is 14.2 Å². The minimum Gasteiger partial charge on any atom is -0.478 e. The second-order valence-electron chi connectivity index (χ2n) is 4.38. The molecule has 0 radical (unpaired) electrons. The van der Waals surface area contributed by atoms with Gasteiger partial charge in [-0.05, 0) is 17.9 Å². The van der Waals surface area contributed by atoms with Gasteiger partial charge in [-0.15, -0.1) is 11.3 Å². The molecule has 0 saturated carbocycles. The molecule has 0 unspecified atom stereocenters. The molecule has 1 aromatic heterocycles. The van der Waals surface area contributed by atoms with Crippen molar-refractivity contribution in [3.8, 4) is 0 Å². The first-order valence-electron chi connectivity index (χ1n) is 6.32. The summed E-state index contributed by atoms with van der Waals surface area (Å²) < 4.78 is 5.09. The van der Waals surface area contributed by atoms with Gasteiger partial charge in [0, 0.05) is 17.6 Å². The summed E-state index contributed by atoms with van der Waals surface area (Å²) in [4.78, 5) is 23.7. The van der Waals surface area contributed by atoms with Gasteiger partial charge in [0.2, 0.25) is 0 Å². The van der Waals surface area contributed by atoms with Gasteiger partial charge in [-0.3, -0.25) is 4.79 Å². The predicted molar refractivity (Wildman–Crippen MR) is 79.5 cm³/mol. The lowest BCUT2D eigenvalue weighted by Crippen LogP contribution is -2.47. The molecule has 1 aliphatic heterocycles. The summed E-state index contributed by atoms with van der Waals surface area (Å²) in [5.41, 5.74) is 0.0536. The highest BCUT2D eigenvalue weighted by Gasteiger charge is 2.30. The van der Waals surface area contributed by atoms with Gasteiger partial charge in [0.05, 0.1) is 11.5 Å². The lowest BCUT2D eigenvalue weighted by molar-refractivity contribution is -0.131. The third-order valence-corrected chi connectivity index (χ3v) is 3.78. The monoisotopic (exact) mass is 307 g/mol. The van der Waals surface area contributed by atoms with E-state index in [1.807, 2.05) is 0 Å². The van der Waals surface area contributed by atoms with Crippen molar-refractivity contribution in [1.29, 1.82) is 0 Å². The first kappa shape index (κ1) is 15.5. The molecule has 0 saturated heterocycles. The SMILES string of the molecule is O=C(O)/C=C(/C(=O)N[C@H]1CC=CCOB1O)c1cccs1. The molecule has 2 heterocycles. The molecule has 8 heteroatoms. The summed E-state index contributed by atoms with van der Waals surface area (Å²) in [6.07, 6.45) is 4.83. The molecule has 1 amide bonds. The smallest absolute Gasteiger partial charge is 0.478 e. The predicted octanol–water partition coefficient (Wildman–Crippen LogP) is 0.697. The standard InChI is InChI=1S/C13H14BNO5S/c16-12(17)8-9(10-4-3-7-21-10)13(18)15-11-5-1-2-6-20-14(11)19/h1-4,7-8,11,19H,5-6H2,(H,15,18)(H,16,17)/b9-8+/t11-/m0/s1. The molecule has 0 spiro atoms. The van der Waals surface area contributed by atoms with E-state index in [1.54, 1.807) is 29.7 Å². The number of carboxylic acid groups (broad SMARTS) is 1. The Hall–Kier alpha value is -1.90. The molecule has 1 atom stereocenters. The lowest BCUT2D eigenvalue weighted by atomic mass is 9.77. The highest BCUT2D eigenvalue weighted by atomic mass is 32.1. The van der Waals surface area contributed by atoms with Crippen molar-refractivity contribution in [2.24, 2.45) is 0 Å². The van der Waals surface area contributed by atoms with Crippen molar-refractivity contribution < 1.29 is 24.4 Å². The molecular formula is C13H14BNO5S. The Kier molecular flexibility index (Phi) is 5.32. The fourth-order valence-corrected chi connectivity index (χ4v) is 2.62. The quantitative estimate of drug-likeness (QED) is 0.432. The van der Waals surface area contributed by atoms with Crippen LogP contribution >= 0.6 is 11.3 Å². The average molecular weight is 307 g/mol. The molecule has 3 N–H and O–H groups in total. The summed E-state index contributed by atoms with van der Waals surface area (Å²) in [6.45, 7) is 0.274. The van der Waals surface area contributed by atoms with Gasteiger partial charge in [-0.2, -0.15) is 0 Å². The van der Waals surface area contributed by atoms with Gasteiger partial charge in [-0.25, -0.2) is 4.79 Å². The van der Waals surface area contributed by atoms with E-state index in [-0.39, 0.29) is 12.2 Å². The number of rotatable bonds is 4. The third kappa shape index (κ3) is 4.28. The molecule has 2 rings (SSSR count). The number of nitrogens with one attached hydrogen (secondary N) is 1. The number of carbonyl (C=O) groups excluding carboxylic acids is 1. The van der Waals surface area contributed by atoms with Crippen LogP contribution in [0, 0.1) is 0 Å². The van der Waals surface area contributed by atoms with Gasteiger partial charge in [0.1, 0.15) is 0 Å². The summed E-state index contributed by atoms with van der Waals surface area (Å²) in [7, 11) is -1.13. The Morgan fingerprint density at radius 3 is 2.95 bits per heavy atom.